The smallest absolute Gasteiger partial charge is 0.264 e. The van der Waals surface area contributed by atoms with Crippen LogP contribution in [0, 0.1) is 0 Å². The SMILES string of the molecule is CSc1ccccc1C=Cc1ccc(=O)[nH]n1. The predicted molar refractivity (Wildman–Crippen MR) is 72.0 cm³/mol. The maximum absolute atomic E-state index is 10.9. The summed E-state index contributed by atoms with van der Waals surface area (Å²) >= 11 is 1.70. The second kappa shape index (κ2) is 5.50. The number of rotatable bonds is 3. The van der Waals surface area contributed by atoms with Gasteiger partial charge < -0.3 is 0 Å². The second-order valence-corrected chi connectivity index (χ2v) is 4.27. The number of benzene rings is 1. The highest BCUT2D eigenvalue weighted by Gasteiger charge is 1.96. The Morgan fingerprint density at radius 3 is 2.71 bits per heavy atom. The van der Waals surface area contributed by atoms with E-state index in [0.29, 0.717) is 0 Å². The molecule has 1 heterocycles. The third kappa shape index (κ3) is 3.07. The number of aromatic amines is 1. The van der Waals surface area contributed by atoms with Crippen molar-refractivity contribution in [2.45, 2.75) is 4.90 Å². The van der Waals surface area contributed by atoms with Gasteiger partial charge in [0.15, 0.2) is 0 Å². The molecule has 1 aromatic carbocycles. The molecule has 2 aromatic rings. The molecule has 0 saturated carbocycles. The molecule has 1 aromatic heterocycles. The molecule has 0 aliphatic rings. The van der Waals surface area contributed by atoms with Gasteiger partial charge in [-0.05, 0) is 30.0 Å². The van der Waals surface area contributed by atoms with Gasteiger partial charge in [-0.25, -0.2) is 5.10 Å². The summed E-state index contributed by atoms with van der Waals surface area (Å²) in [4.78, 5) is 12.1. The third-order valence-corrected chi connectivity index (χ3v) is 3.08. The van der Waals surface area contributed by atoms with Gasteiger partial charge in [0.25, 0.3) is 5.56 Å². The van der Waals surface area contributed by atoms with Crippen molar-refractivity contribution < 1.29 is 0 Å². The van der Waals surface area contributed by atoms with Crippen LogP contribution >= 0.6 is 11.8 Å². The first-order valence-corrected chi connectivity index (χ1v) is 6.39. The Morgan fingerprint density at radius 2 is 2.00 bits per heavy atom. The molecule has 0 spiro atoms. The highest BCUT2D eigenvalue weighted by Crippen LogP contribution is 2.21. The first-order chi connectivity index (χ1) is 8.29. The molecule has 17 heavy (non-hydrogen) atoms. The minimum absolute atomic E-state index is 0.188. The van der Waals surface area contributed by atoms with Crippen molar-refractivity contribution in [3.05, 3.63) is 58.0 Å². The van der Waals surface area contributed by atoms with E-state index >= 15 is 0 Å². The van der Waals surface area contributed by atoms with Crippen LogP contribution in [0.3, 0.4) is 0 Å². The summed E-state index contributed by atoms with van der Waals surface area (Å²) < 4.78 is 0. The Bertz CT molecular complexity index is 569. The number of hydrogen-bond donors (Lipinski definition) is 1. The predicted octanol–water partition coefficient (Wildman–Crippen LogP) is 2.66. The number of nitrogens with zero attached hydrogens (tertiary/aromatic N) is 1. The molecule has 0 radical (unpaired) electrons. The van der Waals surface area contributed by atoms with E-state index < -0.39 is 0 Å². The summed E-state index contributed by atoms with van der Waals surface area (Å²) in [5.41, 5.74) is 1.69. The highest BCUT2D eigenvalue weighted by atomic mass is 32.2. The van der Waals surface area contributed by atoms with Gasteiger partial charge in [-0.2, -0.15) is 5.10 Å². The fourth-order valence-electron chi connectivity index (χ4n) is 1.43. The number of hydrogen-bond acceptors (Lipinski definition) is 3. The molecule has 0 unspecified atom stereocenters. The molecule has 0 saturated heterocycles. The van der Waals surface area contributed by atoms with Crippen molar-refractivity contribution in [1.29, 1.82) is 0 Å². The zero-order valence-electron chi connectivity index (χ0n) is 9.38. The van der Waals surface area contributed by atoms with Crippen LogP contribution in [-0.2, 0) is 0 Å². The van der Waals surface area contributed by atoms with E-state index in [-0.39, 0.29) is 5.56 Å². The molecule has 4 heteroatoms. The van der Waals surface area contributed by atoms with E-state index in [9.17, 15) is 4.79 Å². The van der Waals surface area contributed by atoms with Gasteiger partial charge in [-0.15, -0.1) is 11.8 Å². The fourth-order valence-corrected chi connectivity index (χ4v) is 2.01. The van der Waals surface area contributed by atoms with E-state index in [2.05, 4.69) is 16.3 Å². The van der Waals surface area contributed by atoms with Crippen LogP contribution in [0.2, 0.25) is 0 Å². The Labute approximate surface area is 104 Å². The summed E-state index contributed by atoms with van der Waals surface area (Å²) in [6.07, 6.45) is 5.92. The van der Waals surface area contributed by atoms with Crippen molar-refractivity contribution in [1.82, 2.24) is 10.2 Å². The van der Waals surface area contributed by atoms with E-state index in [1.807, 2.05) is 36.6 Å². The lowest BCUT2D eigenvalue weighted by atomic mass is 10.2. The van der Waals surface area contributed by atoms with Crippen molar-refractivity contribution in [3.8, 4) is 0 Å². The minimum atomic E-state index is -0.188. The monoisotopic (exact) mass is 244 g/mol. The lowest BCUT2D eigenvalue weighted by Crippen LogP contribution is -2.05. The van der Waals surface area contributed by atoms with E-state index in [0.717, 1.165) is 11.3 Å². The van der Waals surface area contributed by atoms with Crippen LogP contribution in [0.4, 0.5) is 0 Å². The summed E-state index contributed by atoms with van der Waals surface area (Å²) in [6.45, 7) is 0. The zero-order chi connectivity index (χ0) is 12.1. The fraction of sp³-hybridized carbons (Fsp3) is 0.0769. The zero-order valence-corrected chi connectivity index (χ0v) is 10.2. The standard InChI is InChI=1S/C13H12N2OS/c1-17-12-5-3-2-4-10(12)6-7-11-8-9-13(16)15-14-11/h2-9H,1H3,(H,15,16). The molecular weight excluding hydrogens is 232 g/mol. The maximum Gasteiger partial charge on any atom is 0.264 e. The summed E-state index contributed by atoms with van der Waals surface area (Å²) in [5, 5.41) is 6.32. The van der Waals surface area contributed by atoms with E-state index in [4.69, 9.17) is 0 Å². The molecule has 1 N–H and O–H groups in total. The van der Waals surface area contributed by atoms with Crippen molar-refractivity contribution in [2.24, 2.45) is 0 Å². The number of thioether (sulfide) groups is 1. The van der Waals surface area contributed by atoms with Crippen LogP contribution in [0.1, 0.15) is 11.3 Å². The van der Waals surface area contributed by atoms with Crippen molar-refractivity contribution in [3.63, 3.8) is 0 Å². The van der Waals surface area contributed by atoms with Gasteiger partial charge >= 0.3 is 0 Å². The van der Waals surface area contributed by atoms with Gasteiger partial charge in [-0.1, -0.05) is 24.3 Å². The Morgan fingerprint density at radius 1 is 1.18 bits per heavy atom. The number of nitrogens with one attached hydrogen (secondary N) is 1. The molecule has 0 aliphatic carbocycles. The molecule has 0 amide bonds. The average Bonchev–Trinajstić information content (AvgIpc) is 2.38. The summed E-state index contributed by atoms with van der Waals surface area (Å²) in [6, 6.07) is 11.3. The minimum Gasteiger partial charge on any atom is -0.268 e. The van der Waals surface area contributed by atoms with Gasteiger partial charge in [0.2, 0.25) is 0 Å². The van der Waals surface area contributed by atoms with Gasteiger partial charge in [0, 0.05) is 11.0 Å². The average molecular weight is 244 g/mol. The molecule has 0 fully saturated rings. The van der Waals surface area contributed by atoms with Gasteiger partial charge in [0.1, 0.15) is 0 Å². The molecule has 2 rings (SSSR count). The normalized spacial score (nSPS) is 10.9. The van der Waals surface area contributed by atoms with Crippen LogP contribution in [-0.4, -0.2) is 16.5 Å². The first-order valence-electron chi connectivity index (χ1n) is 5.16. The van der Waals surface area contributed by atoms with E-state index in [1.165, 1.54) is 11.0 Å². The summed E-state index contributed by atoms with van der Waals surface area (Å²) in [7, 11) is 0. The molecule has 0 aliphatic heterocycles. The van der Waals surface area contributed by atoms with E-state index in [1.54, 1.807) is 17.8 Å². The maximum atomic E-state index is 10.9. The van der Waals surface area contributed by atoms with Crippen molar-refractivity contribution >= 4 is 23.9 Å². The first kappa shape index (κ1) is 11.7. The molecular formula is C13H12N2OS. The third-order valence-electron chi connectivity index (χ3n) is 2.27. The van der Waals surface area contributed by atoms with Crippen LogP contribution < -0.4 is 5.56 Å². The quantitative estimate of drug-likeness (QED) is 0.844. The summed E-state index contributed by atoms with van der Waals surface area (Å²) in [5.74, 6) is 0. The molecule has 3 nitrogen and oxygen atoms in total. The lowest BCUT2D eigenvalue weighted by Gasteiger charge is -2.00. The Balaban J connectivity index is 2.25. The van der Waals surface area contributed by atoms with Gasteiger partial charge in [0.05, 0.1) is 5.69 Å². The number of aromatic nitrogens is 2. The topological polar surface area (TPSA) is 45.8 Å². The Kier molecular flexibility index (Phi) is 3.77. The molecule has 86 valence electrons. The lowest BCUT2D eigenvalue weighted by molar-refractivity contribution is 0.977. The van der Waals surface area contributed by atoms with Crippen LogP contribution in [0.5, 0.6) is 0 Å². The molecule has 0 atom stereocenters. The van der Waals surface area contributed by atoms with Crippen LogP contribution in [0.25, 0.3) is 12.2 Å². The van der Waals surface area contributed by atoms with Crippen molar-refractivity contribution in [2.75, 3.05) is 6.26 Å². The Hall–Kier alpha value is -1.81. The number of H-pyrrole nitrogens is 1. The van der Waals surface area contributed by atoms with Gasteiger partial charge in [-0.3, -0.25) is 4.79 Å². The highest BCUT2D eigenvalue weighted by molar-refractivity contribution is 7.98. The molecule has 0 bridgehead atoms. The van der Waals surface area contributed by atoms with Crippen LogP contribution in [0.15, 0.2) is 46.1 Å². The second-order valence-electron chi connectivity index (χ2n) is 3.42. The largest absolute Gasteiger partial charge is 0.268 e.